The summed E-state index contributed by atoms with van der Waals surface area (Å²) in [6, 6.07) is 17.0. The second-order valence-electron chi connectivity index (χ2n) is 9.29. The summed E-state index contributed by atoms with van der Waals surface area (Å²) in [4.78, 5) is 31.5. The average molecular weight is 489 g/mol. The van der Waals surface area contributed by atoms with Gasteiger partial charge in [-0.2, -0.15) is 13.2 Å². The first-order chi connectivity index (χ1) is 16.8. The molecule has 2 amide bonds. The molecule has 4 rings (SSSR count). The summed E-state index contributed by atoms with van der Waals surface area (Å²) in [5, 5.41) is 1.87. The second kappa shape index (κ2) is 11.2. The van der Waals surface area contributed by atoms with Crippen LogP contribution < -0.4 is 5.32 Å². The molecule has 0 bridgehead atoms. The molecule has 0 unspecified atom stereocenters. The third kappa shape index (κ3) is 7.80. The number of nitrogens with zero attached hydrogens (tertiary/aromatic N) is 3. The topological polar surface area (TPSA) is 55.9 Å². The molecule has 0 atom stereocenters. The van der Waals surface area contributed by atoms with E-state index in [1.807, 2.05) is 28.4 Å². The molecule has 1 aliphatic carbocycles. The van der Waals surface area contributed by atoms with E-state index in [1.165, 1.54) is 17.7 Å². The molecule has 0 radical (unpaired) electrons. The van der Waals surface area contributed by atoms with Gasteiger partial charge in [0.1, 0.15) is 6.54 Å². The maximum Gasteiger partial charge on any atom is 0.405 e. The molecule has 9 heteroatoms. The first kappa shape index (κ1) is 25.2. The van der Waals surface area contributed by atoms with Crippen molar-refractivity contribution in [1.82, 2.24) is 20.0 Å². The van der Waals surface area contributed by atoms with Crippen LogP contribution in [0.15, 0.2) is 54.6 Å². The third-order valence-corrected chi connectivity index (χ3v) is 6.40. The van der Waals surface area contributed by atoms with Crippen LogP contribution in [0.3, 0.4) is 0 Å². The highest BCUT2D eigenvalue weighted by Gasteiger charge is 2.33. The molecule has 0 spiro atoms. The SMILES string of the molecule is O=C(NCC(F)(F)F)c1ccc(CN(C(=O)CN2CCN(Cc3ccccc3)CC2)C2CC2)cc1. The van der Waals surface area contributed by atoms with Gasteiger partial charge in [-0.05, 0) is 36.1 Å². The third-order valence-electron chi connectivity index (χ3n) is 6.40. The molecule has 6 nitrogen and oxygen atoms in total. The molecule has 1 heterocycles. The van der Waals surface area contributed by atoms with E-state index in [9.17, 15) is 22.8 Å². The van der Waals surface area contributed by atoms with Gasteiger partial charge in [0.05, 0.1) is 6.54 Å². The minimum absolute atomic E-state index is 0.0935. The lowest BCUT2D eigenvalue weighted by Crippen LogP contribution is -2.50. The molecule has 2 aromatic carbocycles. The molecular formula is C26H31F3N4O2. The molecular weight excluding hydrogens is 457 g/mol. The summed E-state index contributed by atoms with van der Waals surface area (Å²) in [7, 11) is 0. The van der Waals surface area contributed by atoms with Gasteiger partial charge in [-0.3, -0.25) is 19.4 Å². The fraction of sp³-hybridized carbons (Fsp3) is 0.462. The van der Waals surface area contributed by atoms with Crippen LogP contribution in [0.1, 0.15) is 34.3 Å². The van der Waals surface area contributed by atoms with Gasteiger partial charge >= 0.3 is 6.18 Å². The van der Waals surface area contributed by atoms with Crippen LogP contribution in [0, 0.1) is 0 Å². The Bertz CT molecular complexity index is 986. The maximum absolute atomic E-state index is 13.1. The summed E-state index contributed by atoms with van der Waals surface area (Å²) >= 11 is 0. The Morgan fingerprint density at radius 2 is 1.51 bits per heavy atom. The van der Waals surface area contributed by atoms with Crippen molar-refractivity contribution in [3.05, 3.63) is 71.3 Å². The quantitative estimate of drug-likeness (QED) is 0.589. The number of nitrogens with one attached hydrogen (secondary N) is 1. The lowest BCUT2D eigenvalue weighted by molar-refractivity contribution is -0.134. The molecule has 2 aromatic rings. The van der Waals surface area contributed by atoms with Crippen LogP contribution in [-0.4, -0.2) is 78.0 Å². The van der Waals surface area contributed by atoms with Gasteiger partial charge in [0.25, 0.3) is 5.91 Å². The van der Waals surface area contributed by atoms with E-state index >= 15 is 0 Å². The number of alkyl halides is 3. The van der Waals surface area contributed by atoms with E-state index in [0.29, 0.717) is 13.1 Å². The molecule has 35 heavy (non-hydrogen) atoms. The predicted molar refractivity (Wildman–Crippen MR) is 127 cm³/mol. The Morgan fingerprint density at radius 3 is 2.11 bits per heavy atom. The lowest BCUT2D eigenvalue weighted by atomic mass is 10.1. The Labute approximate surface area is 203 Å². The van der Waals surface area contributed by atoms with Crippen molar-refractivity contribution in [1.29, 1.82) is 0 Å². The van der Waals surface area contributed by atoms with Crippen molar-refractivity contribution < 1.29 is 22.8 Å². The summed E-state index contributed by atoms with van der Waals surface area (Å²) < 4.78 is 36.9. The Hall–Kier alpha value is -2.91. The number of rotatable bonds is 9. The number of carbonyl (C=O) groups is 2. The molecule has 1 saturated heterocycles. The van der Waals surface area contributed by atoms with Gasteiger partial charge in [-0.15, -0.1) is 0 Å². The van der Waals surface area contributed by atoms with E-state index in [1.54, 1.807) is 12.1 Å². The number of hydrogen-bond donors (Lipinski definition) is 1. The zero-order valence-electron chi connectivity index (χ0n) is 19.6. The van der Waals surface area contributed by atoms with E-state index in [2.05, 4.69) is 21.9 Å². The number of piperazine rings is 1. The van der Waals surface area contributed by atoms with Crippen molar-refractivity contribution >= 4 is 11.8 Å². The Kier molecular flexibility index (Phi) is 8.07. The highest BCUT2D eigenvalue weighted by atomic mass is 19.4. The van der Waals surface area contributed by atoms with Crippen LogP contribution in [0.25, 0.3) is 0 Å². The van der Waals surface area contributed by atoms with Crippen LogP contribution >= 0.6 is 0 Å². The summed E-state index contributed by atoms with van der Waals surface area (Å²) in [6.45, 7) is 3.90. The van der Waals surface area contributed by atoms with E-state index in [-0.39, 0.29) is 17.5 Å². The highest BCUT2D eigenvalue weighted by molar-refractivity contribution is 5.94. The van der Waals surface area contributed by atoms with Crippen LogP contribution in [0.5, 0.6) is 0 Å². The van der Waals surface area contributed by atoms with Gasteiger partial charge in [0.2, 0.25) is 5.91 Å². The van der Waals surface area contributed by atoms with Crippen molar-refractivity contribution in [2.75, 3.05) is 39.3 Å². The fourth-order valence-corrected chi connectivity index (χ4v) is 4.28. The summed E-state index contributed by atoms with van der Waals surface area (Å²) in [6.07, 6.45) is -2.49. The van der Waals surface area contributed by atoms with E-state index in [4.69, 9.17) is 0 Å². The van der Waals surface area contributed by atoms with Gasteiger partial charge in [0, 0.05) is 50.9 Å². The fourth-order valence-electron chi connectivity index (χ4n) is 4.28. The van der Waals surface area contributed by atoms with Gasteiger partial charge in [-0.25, -0.2) is 0 Å². The van der Waals surface area contributed by atoms with Gasteiger partial charge in [-0.1, -0.05) is 42.5 Å². The minimum atomic E-state index is -4.45. The van der Waals surface area contributed by atoms with Crippen molar-refractivity contribution in [2.45, 2.75) is 38.1 Å². The molecule has 2 aliphatic rings. The van der Waals surface area contributed by atoms with Crippen LogP contribution in [0.4, 0.5) is 13.2 Å². The van der Waals surface area contributed by atoms with Crippen molar-refractivity contribution in [3.63, 3.8) is 0 Å². The number of carbonyl (C=O) groups excluding carboxylic acids is 2. The summed E-state index contributed by atoms with van der Waals surface area (Å²) in [5.74, 6) is -0.675. The number of hydrogen-bond acceptors (Lipinski definition) is 4. The predicted octanol–water partition coefficient (Wildman–Crippen LogP) is 3.29. The van der Waals surface area contributed by atoms with E-state index < -0.39 is 18.6 Å². The zero-order chi connectivity index (χ0) is 24.8. The van der Waals surface area contributed by atoms with Crippen LogP contribution in [0.2, 0.25) is 0 Å². The first-order valence-corrected chi connectivity index (χ1v) is 12.0. The largest absolute Gasteiger partial charge is 0.405 e. The van der Waals surface area contributed by atoms with E-state index in [0.717, 1.165) is 51.1 Å². The normalized spacial score (nSPS) is 17.2. The minimum Gasteiger partial charge on any atom is -0.343 e. The zero-order valence-corrected chi connectivity index (χ0v) is 19.6. The van der Waals surface area contributed by atoms with Crippen LogP contribution in [-0.2, 0) is 17.9 Å². The Balaban J connectivity index is 1.26. The molecule has 1 aliphatic heterocycles. The molecule has 2 fully saturated rings. The van der Waals surface area contributed by atoms with Gasteiger partial charge < -0.3 is 10.2 Å². The lowest BCUT2D eigenvalue weighted by Gasteiger charge is -2.35. The smallest absolute Gasteiger partial charge is 0.343 e. The maximum atomic E-state index is 13.1. The number of halogens is 3. The van der Waals surface area contributed by atoms with Gasteiger partial charge in [0.15, 0.2) is 0 Å². The standard InChI is InChI=1S/C26H31F3N4O2/c27-26(28,29)19-30-25(35)22-8-6-21(7-9-22)17-33(23-10-11-23)24(34)18-32-14-12-31(13-15-32)16-20-4-2-1-3-5-20/h1-9,23H,10-19H2,(H,30,35). The first-order valence-electron chi connectivity index (χ1n) is 12.0. The van der Waals surface area contributed by atoms with Crippen molar-refractivity contribution in [2.24, 2.45) is 0 Å². The molecule has 0 aromatic heterocycles. The monoisotopic (exact) mass is 488 g/mol. The Morgan fingerprint density at radius 1 is 0.886 bits per heavy atom. The molecule has 188 valence electrons. The van der Waals surface area contributed by atoms with Crippen molar-refractivity contribution in [3.8, 4) is 0 Å². The average Bonchev–Trinajstić information content (AvgIpc) is 3.68. The molecule has 1 N–H and O–H groups in total. The second-order valence-corrected chi connectivity index (χ2v) is 9.29. The molecule has 1 saturated carbocycles. The number of amides is 2. The highest BCUT2D eigenvalue weighted by Crippen LogP contribution is 2.29. The summed E-state index contributed by atoms with van der Waals surface area (Å²) in [5.41, 5.74) is 2.31. The number of benzene rings is 2.